The van der Waals surface area contributed by atoms with Crippen molar-refractivity contribution in [3.8, 4) is 0 Å². The van der Waals surface area contributed by atoms with Crippen molar-refractivity contribution in [3.05, 3.63) is 76.5 Å². The predicted molar refractivity (Wildman–Crippen MR) is 115 cm³/mol. The molecule has 0 aliphatic rings. The van der Waals surface area contributed by atoms with Gasteiger partial charge < -0.3 is 5.32 Å². The maximum absolute atomic E-state index is 12.8. The van der Waals surface area contributed by atoms with Gasteiger partial charge in [-0.3, -0.25) is 14.3 Å². The third-order valence-corrected chi connectivity index (χ3v) is 6.57. The van der Waals surface area contributed by atoms with E-state index in [2.05, 4.69) is 10.0 Å². The molecule has 11 heteroatoms. The van der Waals surface area contributed by atoms with Gasteiger partial charge >= 0.3 is 6.18 Å². The molecule has 0 atom stereocenters. The van der Waals surface area contributed by atoms with E-state index in [1.807, 2.05) is 0 Å². The van der Waals surface area contributed by atoms with Crippen molar-refractivity contribution in [3.63, 3.8) is 0 Å². The highest BCUT2D eigenvalue weighted by molar-refractivity contribution is 7.92. The third-order valence-electron chi connectivity index (χ3n) is 4.27. The first-order valence-electron chi connectivity index (χ1n) is 9.21. The van der Waals surface area contributed by atoms with E-state index in [9.17, 15) is 31.2 Å². The van der Waals surface area contributed by atoms with Gasteiger partial charge in [0, 0.05) is 24.2 Å². The van der Waals surface area contributed by atoms with Crippen LogP contribution in [0.1, 0.15) is 28.1 Å². The average molecular weight is 483 g/mol. The van der Waals surface area contributed by atoms with Crippen molar-refractivity contribution in [2.45, 2.75) is 23.9 Å². The van der Waals surface area contributed by atoms with Gasteiger partial charge in [0.05, 0.1) is 15.3 Å². The van der Waals surface area contributed by atoms with Gasteiger partial charge in [0.1, 0.15) is 0 Å². The Labute approximate surface area is 186 Å². The number of carbonyl (C=O) groups excluding carboxylic acids is 2. The van der Waals surface area contributed by atoms with E-state index < -0.39 is 27.7 Å². The summed E-state index contributed by atoms with van der Waals surface area (Å²) in [5.41, 5.74) is -0.891. The lowest BCUT2D eigenvalue weighted by Gasteiger charge is -2.12. The van der Waals surface area contributed by atoms with Gasteiger partial charge in [-0.2, -0.15) is 13.2 Å². The van der Waals surface area contributed by atoms with Gasteiger partial charge in [-0.05, 0) is 53.9 Å². The number of amides is 1. The molecule has 1 aromatic heterocycles. The largest absolute Gasteiger partial charge is 0.416 e. The molecule has 1 heterocycles. The van der Waals surface area contributed by atoms with Gasteiger partial charge in [-0.25, -0.2) is 8.42 Å². The normalized spacial score (nSPS) is 11.7. The molecule has 2 aromatic carbocycles. The van der Waals surface area contributed by atoms with Crippen LogP contribution in [0.25, 0.3) is 0 Å². The smallest absolute Gasteiger partial charge is 0.326 e. The SMILES string of the molecule is O=C(CCC(=O)c1cccs1)Nc1ccc(S(=O)(=O)Nc2cccc(C(F)(F)F)c2)cc1. The zero-order valence-corrected chi connectivity index (χ0v) is 18.0. The second kappa shape index (κ2) is 9.53. The van der Waals surface area contributed by atoms with E-state index in [4.69, 9.17) is 0 Å². The molecule has 2 N–H and O–H groups in total. The standard InChI is InChI=1S/C21H17F3N2O4S2/c22-21(23,24)14-3-1-4-16(13-14)26-32(29,30)17-8-6-15(7-9-17)25-20(28)11-10-18(27)19-5-2-12-31-19/h1-9,12-13,26H,10-11H2,(H,25,28). The summed E-state index contributed by atoms with van der Waals surface area (Å²) in [4.78, 5) is 24.4. The van der Waals surface area contributed by atoms with Crippen molar-refractivity contribution >= 4 is 44.4 Å². The molecule has 6 nitrogen and oxygen atoms in total. The number of hydrogen-bond acceptors (Lipinski definition) is 5. The van der Waals surface area contributed by atoms with Gasteiger partial charge in [0.2, 0.25) is 5.91 Å². The van der Waals surface area contributed by atoms with E-state index in [0.717, 1.165) is 12.1 Å². The molecule has 0 fully saturated rings. The van der Waals surface area contributed by atoms with Crippen molar-refractivity contribution < 1.29 is 31.2 Å². The number of alkyl halides is 3. The van der Waals surface area contributed by atoms with E-state index in [-0.39, 0.29) is 29.2 Å². The fraction of sp³-hybridized carbons (Fsp3) is 0.143. The Morgan fingerprint density at radius 2 is 1.62 bits per heavy atom. The Hall–Kier alpha value is -3.18. The second-order valence-electron chi connectivity index (χ2n) is 6.66. The lowest BCUT2D eigenvalue weighted by molar-refractivity contribution is -0.137. The number of benzene rings is 2. The van der Waals surface area contributed by atoms with Crippen LogP contribution < -0.4 is 10.0 Å². The number of Topliss-reactive ketones (excluding diaryl/α,β-unsaturated/α-hetero) is 1. The lowest BCUT2D eigenvalue weighted by atomic mass is 10.2. The highest BCUT2D eigenvalue weighted by atomic mass is 32.2. The zero-order valence-electron chi connectivity index (χ0n) is 16.3. The van der Waals surface area contributed by atoms with Crippen LogP contribution in [0, 0.1) is 0 Å². The van der Waals surface area contributed by atoms with Gasteiger partial charge in [-0.15, -0.1) is 11.3 Å². The summed E-state index contributed by atoms with van der Waals surface area (Å²) in [6.45, 7) is 0. The van der Waals surface area contributed by atoms with Gasteiger partial charge in [0.25, 0.3) is 10.0 Å². The molecular weight excluding hydrogens is 465 g/mol. The lowest BCUT2D eigenvalue weighted by Crippen LogP contribution is -2.15. The van der Waals surface area contributed by atoms with Crippen molar-refractivity contribution in [2.75, 3.05) is 10.0 Å². The molecule has 0 radical (unpaired) electrons. The van der Waals surface area contributed by atoms with Crippen LogP contribution in [0.3, 0.4) is 0 Å². The van der Waals surface area contributed by atoms with Gasteiger partial charge in [0.15, 0.2) is 5.78 Å². The Bertz CT molecular complexity index is 1210. The first kappa shape index (κ1) is 23.5. The molecule has 0 aliphatic carbocycles. The quantitative estimate of drug-likeness (QED) is 0.434. The molecule has 0 saturated carbocycles. The summed E-state index contributed by atoms with van der Waals surface area (Å²) in [6.07, 6.45) is -4.59. The first-order valence-corrected chi connectivity index (χ1v) is 11.6. The number of nitrogens with one attached hydrogen (secondary N) is 2. The van der Waals surface area contributed by atoms with Crippen LogP contribution in [-0.2, 0) is 21.0 Å². The number of thiophene rings is 1. The highest BCUT2D eigenvalue weighted by Gasteiger charge is 2.30. The Kier molecular flexibility index (Phi) is 6.99. The molecule has 0 bridgehead atoms. The van der Waals surface area contributed by atoms with E-state index in [0.29, 0.717) is 16.6 Å². The molecule has 3 aromatic rings. The number of hydrogen-bond donors (Lipinski definition) is 2. The molecule has 0 spiro atoms. The topological polar surface area (TPSA) is 92.3 Å². The van der Waals surface area contributed by atoms with Crippen molar-refractivity contribution in [1.29, 1.82) is 0 Å². The summed E-state index contributed by atoms with van der Waals surface area (Å²) < 4.78 is 65.5. The maximum Gasteiger partial charge on any atom is 0.416 e. The molecule has 32 heavy (non-hydrogen) atoms. The van der Waals surface area contributed by atoms with Crippen LogP contribution >= 0.6 is 11.3 Å². The minimum atomic E-state index is -4.60. The van der Waals surface area contributed by atoms with Crippen LogP contribution in [0.4, 0.5) is 24.5 Å². The molecular formula is C21H17F3N2O4S2. The summed E-state index contributed by atoms with van der Waals surface area (Å²) in [6, 6.07) is 12.4. The number of ketones is 1. The minimum Gasteiger partial charge on any atom is -0.326 e. The van der Waals surface area contributed by atoms with Crippen molar-refractivity contribution in [2.24, 2.45) is 0 Å². The third kappa shape index (κ3) is 6.17. The Balaban J connectivity index is 1.60. The number of sulfonamides is 1. The fourth-order valence-corrected chi connectivity index (χ4v) is 4.45. The first-order chi connectivity index (χ1) is 15.0. The van der Waals surface area contributed by atoms with E-state index >= 15 is 0 Å². The molecule has 3 rings (SSSR count). The number of rotatable bonds is 8. The summed E-state index contributed by atoms with van der Waals surface area (Å²) in [5, 5.41) is 4.34. The summed E-state index contributed by atoms with van der Waals surface area (Å²) in [7, 11) is -4.14. The number of carbonyl (C=O) groups is 2. The number of halogens is 3. The average Bonchev–Trinajstić information content (AvgIpc) is 3.27. The number of anilines is 2. The minimum absolute atomic E-state index is 0.0338. The zero-order chi connectivity index (χ0) is 23.4. The fourth-order valence-electron chi connectivity index (χ4n) is 2.70. The highest BCUT2D eigenvalue weighted by Crippen LogP contribution is 2.31. The summed E-state index contributed by atoms with van der Waals surface area (Å²) in [5.74, 6) is -0.551. The predicted octanol–water partition coefficient (Wildman–Crippen LogP) is 5.17. The molecule has 1 amide bonds. The Morgan fingerprint density at radius 3 is 2.25 bits per heavy atom. The van der Waals surface area contributed by atoms with Gasteiger partial charge in [-0.1, -0.05) is 12.1 Å². The van der Waals surface area contributed by atoms with E-state index in [1.54, 1.807) is 17.5 Å². The molecule has 0 aliphatic heterocycles. The maximum atomic E-state index is 12.8. The monoisotopic (exact) mass is 482 g/mol. The molecule has 0 unspecified atom stereocenters. The van der Waals surface area contributed by atoms with Crippen LogP contribution in [0.2, 0.25) is 0 Å². The van der Waals surface area contributed by atoms with Crippen LogP contribution in [-0.4, -0.2) is 20.1 Å². The van der Waals surface area contributed by atoms with Crippen molar-refractivity contribution in [1.82, 2.24) is 0 Å². The Morgan fingerprint density at radius 1 is 0.906 bits per heavy atom. The second-order valence-corrected chi connectivity index (χ2v) is 9.29. The van der Waals surface area contributed by atoms with E-state index in [1.165, 1.54) is 41.7 Å². The van der Waals surface area contributed by atoms with Crippen LogP contribution in [0.15, 0.2) is 70.9 Å². The summed E-state index contributed by atoms with van der Waals surface area (Å²) >= 11 is 1.29. The van der Waals surface area contributed by atoms with Crippen LogP contribution in [0.5, 0.6) is 0 Å². The molecule has 168 valence electrons. The molecule has 0 saturated heterocycles.